The van der Waals surface area contributed by atoms with Gasteiger partial charge in [-0.1, -0.05) is 6.07 Å². The Labute approximate surface area is 108 Å². The Bertz CT molecular complexity index is 542. The fraction of sp³-hybridized carbons (Fsp3) is 0.500. The molecule has 0 aliphatic carbocycles. The fourth-order valence-corrected chi connectivity index (χ4v) is 3.51. The highest BCUT2D eigenvalue weighted by atomic mass is 32.2. The Hall–Kier alpha value is -1.11. The van der Waals surface area contributed by atoms with Crippen molar-refractivity contribution in [1.82, 2.24) is 4.31 Å². The summed E-state index contributed by atoms with van der Waals surface area (Å²) in [5, 5.41) is 0. The van der Waals surface area contributed by atoms with Crippen molar-refractivity contribution in [2.24, 2.45) is 5.73 Å². The zero-order valence-electron chi connectivity index (χ0n) is 10.6. The normalized spacial score (nSPS) is 20.5. The van der Waals surface area contributed by atoms with E-state index in [0.717, 1.165) is 16.9 Å². The average Bonchev–Trinajstić information content (AvgIpc) is 2.35. The maximum absolute atomic E-state index is 11.8. The lowest BCUT2D eigenvalue weighted by atomic mass is 9.94. The molecule has 0 saturated carbocycles. The SMILES string of the molecule is COc1ccc2c(c1)C(CN)N(S(C)(=O)=O)CC2. The van der Waals surface area contributed by atoms with Gasteiger partial charge in [-0.05, 0) is 29.7 Å². The van der Waals surface area contributed by atoms with Crippen molar-refractivity contribution in [1.29, 1.82) is 0 Å². The van der Waals surface area contributed by atoms with Crippen LogP contribution in [0.4, 0.5) is 0 Å². The summed E-state index contributed by atoms with van der Waals surface area (Å²) in [7, 11) is -1.64. The van der Waals surface area contributed by atoms with Crippen molar-refractivity contribution in [3.63, 3.8) is 0 Å². The number of nitrogens with zero attached hydrogens (tertiary/aromatic N) is 1. The molecule has 18 heavy (non-hydrogen) atoms. The average molecular weight is 270 g/mol. The molecule has 0 fully saturated rings. The van der Waals surface area contributed by atoms with Crippen LogP contribution >= 0.6 is 0 Å². The molecular formula is C12H18N2O3S. The van der Waals surface area contributed by atoms with E-state index >= 15 is 0 Å². The van der Waals surface area contributed by atoms with E-state index in [0.29, 0.717) is 13.0 Å². The van der Waals surface area contributed by atoms with E-state index in [2.05, 4.69) is 0 Å². The Morgan fingerprint density at radius 1 is 1.50 bits per heavy atom. The molecule has 0 bridgehead atoms. The molecule has 2 N–H and O–H groups in total. The number of rotatable bonds is 3. The molecule has 1 aromatic rings. The third-order valence-corrected chi connectivity index (χ3v) is 4.60. The molecule has 1 heterocycles. The Balaban J connectivity index is 2.48. The van der Waals surface area contributed by atoms with E-state index in [1.54, 1.807) is 7.11 Å². The third-order valence-electron chi connectivity index (χ3n) is 3.31. The van der Waals surface area contributed by atoms with Crippen LogP contribution in [-0.4, -0.2) is 39.2 Å². The molecule has 0 amide bonds. The lowest BCUT2D eigenvalue weighted by Crippen LogP contribution is -2.42. The number of hydrogen-bond acceptors (Lipinski definition) is 4. The molecule has 100 valence electrons. The van der Waals surface area contributed by atoms with E-state index < -0.39 is 10.0 Å². The van der Waals surface area contributed by atoms with Crippen molar-refractivity contribution in [3.05, 3.63) is 29.3 Å². The summed E-state index contributed by atoms with van der Waals surface area (Å²) in [6.45, 7) is 0.757. The van der Waals surface area contributed by atoms with Gasteiger partial charge in [0, 0.05) is 13.1 Å². The number of benzene rings is 1. The van der Waals surface area contributed by atoms with Gasteiger partial charge in [0.15, 0.2) is 0 Å². The Morgan fingerprint density at radius 2 is 2.22 bits per heavy atom. The van der Waals surface area contributed by atoms with Crippen LogP contribution < -0.4 is 10.5 Å². The fourth-order valence-electron chi connectivity index (χ4n) is 2.42. The number of methoxy groups -OCH3 is 1. The second-order valence-electron chi connectivity index (χ2n) is 4.44. The van der Waals surface area contributed by atoms with Gasteiger partial charge in [-0.25, -0.2) is 8.42 Å². The van der Waals surface area contributed by atoms with Gasteiger partial charge in [-0.3, -0.25) is 0 Å². The van der Waals surface area contributed by atoms with Gasteiger partial charge in [-0.15, -0.1) is 0 Å². The van der Waals surface area contributed by atoms with Gasteiger partial charge in [0.25, 0.3) is 0 Å². The predicted molar refractivity (Wildman–Crippen MR) is 70.0 cm³/mol. The molecule has 0 radical (unpaired) electrons. The lowest BCUT2D eigenvalue weighted by Gasteiger charge is -2.35. The zero-order chi connectivity index (χ0) is 13.3. The molecule has 1 atom stereocenters. The van der Waals surface area contributed by atoms with Crippen molar-refractivity contribution in [3.8, 4) is 5.75 Å². The topological polar surface area (TPSA) is 72.6 Å². The van der Waals surface area contributed by atoms with Gasteiger partial charge in [0.05, 0.1) is 19.4 Å². The molecule has 1 aliphatic heterocycles. The molecule has 1 unspecified atom stereocenters. The van der Waals surface area contributed by atoms with Crippen LogP contribution in [0.25, 0.3) is 0 Å². The van der Waals surface area contributed by atoms with Crippen LogP contribution in [0.3, 0.4) is 0 Å². The van der Waals surface area contributed by atoms with E-state index in [9.17, 15) is 8.42 Å². The summed E-state index contributed by atoms with van der Waals surface area (Å²) in [4.78, 5) is 0. The number of hydrogen-bond donors (Lipinski definition) is 1. The number of sulfonamides is 1. The van der Waals surface area contributed by atoms with Crippen LogP contribution in [-0.2, 0) is 16.4 Å². The number of fused-ring (bicyclic) bond motifs is 1. The van der Waals surface area contributed by atoms with Crippen LogP contribution in [0.2, 0.25) is 0 Å². The largest absolute Gasteiger partial charge is 0.497 e. The van der Waals surface area contributed by atoms with Crippen LogP contribution in [0.1, 0.15) is 17.2 Å². The Kier molecular flexibility index (Phi) is 3.61. The quantitative estimate of drug-likeness (QED) is 0.868. The summed E-state index contributed by atoms with van der Waals surface area (Å²) >= 11 is 0. The summed E-state index contributed by atoms with van der Waals surface area (Å²) in [5.74, 6) is 0.725. The molecule has 5 nitrogen and oxygen atoms in total. The third kappa shape index (κ3) is 2.36. The minimum absolute atomic E-state index is 0.271. The van der Waals surface area contributed by atoms with Gasteiger partial charge in [0.2, 0.25) is 10.0 Å². The second kappa shape index (κ2) is 4.87. The molecular weight excluding hydrogens is 252 g/mol. The maximum Gasteiger partial charge on any atom is 0.211 e. The van der Waals surface area contributed by atoms with E-state index in [1.165, 1.54) is 10.6 Å². The van der Waals surface area contributed by atoms with Crippen LogP contribution in [0, 0.1) is 0 Å². The Morgan fingerprint density at radius 3 is 2.78 bits per heavy atom. The summed E-state index contributed by atoms with van der Waals surface area (Å²) in [6.07, 6.45) is 1.93. The zero-order valence-corrected chi connectivity index (χ0v) is 11.4. The molecule has 1 aliphatic rings. The molecule has 1 aromatic carbocycles. The molecule has 2 rings (SSSR count). The maximum atomic E-state index is 11.8. The first-order valence-corrected chi connectivity index (χ1v) is 7.66. The smallest absolute Gasteiger partial charge is 0.211 e. The number of nitrogens with two attached hydrogens (primary N) is 1. The van der Waals surface area contributed by atoms with Crippen molar-refractivity contribution < 1.29 is 13.2 Å². The highest BCUT2D eigenvalue weighted by Crippen LogP contribution is 2.33. The number of ether oxygens (including phenoxy) is 1. The minimum Gasteiger partial charge on any atom is -0.497 e. The molecule has 0 spiro atoms. The van der Waals surface area contributed by atoms with E-state index in [1.807, 2.05) is 18.2 Å². The van der Waals surface area contributed by atoms with Crippen molar-refractivity contribution in [2.45, 2.75) is 12.5 Å². The van der Waals surface area contributed by atoms with Crippen LogP contribution in [0.5, 0.6) is 5.75 Å². The van der Waals surface area contributed by atoms with E-state index in [4.69, 9.17) is 10.5 Å². The lowest BCUT2D eigenvalue weighted by molar-refractivity contribution is 0.313. The summed E-state index contributed by atoms with van der Waals surface area (Å²) in [6, 6.07) is 5.46. The molecule has 6 heteroatoms. The monoisotopic (exact) mass is 270 g/mol. The van der Waals surface area contributed by atoms with E-state index in [-0.39, 0.29) is 12.6 Å². The van der Waals surface area contributed by atoms with Gasteiger partial charge >= 0.3 is 0 Å². The highest BCUT2D eigenvalue weighted by Gasteiger charge is 2.32. The summed E-state index contributed by atoms with van der Waals surface area (Å²) < 4.78 is 30.2. The standard InChI is InChI=1S/C12H18N2O3S/c1-17-10-4-3-9-5-6-14(18(2,15)16)12(8-13)11(9)7-10/h3-4,7,12H,5-6,8,13H2,1-2H3. The molecule has 0 aromatic heterocycles. The summed E-state index contributed by atoms with van der Waals surface area (Å²) in [5.41, 5.74) is 7.85. The first kappa shape index (κ1) is 13.3. The van der Waals surface area contributed by atoms with Crippen LogP contribution in [0.15, 0.2) is 18.2 Å². The molecule has 0 saturated heterocycles. The van der Waals surface area contributed by atoms with Gasteiger partial charge in [-0.2, -0.15) is 4.31 Å². The second-order valence-corrected chi connectivity index (χ2v) is 6.38. The predicted octanol–water partition coefficient (Wildman–Crippen LogP) is 0.513. The first-order chi connectivity index (χ1) is 8.47. The van der Waals surface area contributed by atoms with Crippen molar-refractivity contribution >= 4 is 10.0 Å². The van der Waals surface area contributed by atoms with Crippen molar-refractivity contribution in [2.75, 3.05) is 26.5 Å². The highest BCUT2D eigenvalue weighted by molar-refractivity contribution is 7.88. The minimum atomic E-state index is -3.24. The first-order valence-electron chi connectivity index (χ1n) is 5.81. The van der Waals surface area contributed by atoms with Gasteiger partial charge in [0.1, 0.15) is 5.75 Å². The van der Waals surface area contributed by atoms with Gasteiger partial charge < -0.3 is 10.5 Å².